The van der Waals surface area contributed by atoms with Crippen molar-refractivity contribution in [2.45, 2.75) is 15.2 Å². The Labute approximate surface area is 383 Å². The highest BCUT2D eigenvalue weighted by atomic mass is 32.2. The van der Waals surface area contributed by atoms with Gasteiger partial charge in [0.05, 0.1) is 67.8 Å². The van der Waals surface area contributed by atoms with Gasteiger partial charge < -0.3 is 18.8 Å². The lowest BCUT2D eigenvalue weighted by molar-refractivity contribution is 0.436. The number of benzene rings is 8. The lowest BCUT2D eigenvalue weighted by atomic mass is 9.65. The number of para-hydroxylation sites is 6. The Balaban J connectivity index is 1.07. The third-order valence-corrected chi connectivity index (χ3v) is 15.2. The van der Waals surface area contributed by atoms with E-state index in [1.807, 2.05) is 24.2 Å². The predicted octanol–water partition coefficient (Wildman–Crippen LogP) is 15.1. The summed E-state index contributed by atoms with van der Waals surface area (Å²) in [5.74, 6) is 1.58. The van der Waals surface area contributed by atoms with E-state index in [0.29, 0.717) is 0 Å². The molecule has 0 N–H and O–H groups in total. The summed E-state index contributed by atoms with van der Waals surface area (Å²) >= 11 is 1.81. The van der Waals surface area contributed by atoms with Crippen molar-refractivity contribution in [3.63, 3.8) is 0 Å². The third kappa shape index (κ3) is 4.66. The van der Waals surface area contributed by atoms with Gasteiger partial charge in [-0.2, -0.15) is 0 Å². The molecule has 0 amide bonds. The van der Waals surface area contributed by atoms with Crippen LogP contribution in [0.25, 0.3) is 66.4 Å². The Bertz CT molecular complexity index is 3900. The number of aromatic nitrogens is 4. The summed E-state index contributed by atoms with van der Waals surface area (Å²) in [7, 11) is 0. The van der Waals surface area contributed by atoms with Crippen LogP contribution in [0.1, 0.15) is 22.3 Å². The molecule has 0 fully saturated rings. The Kier molecular flexibility index (Phi) is 7.27. The minimum Gasteiger partial charge on any atom is -0.457 e. The molecule has 1 unspecified atom stereocenters. The fourth-order valence-electron chi connectivity index (χ4n) is 11.5. The summed E-state index contributed by atoms with van der Waals surface area (Å²) in [4.78, 5) is 15.4. The molecular formula is C59H35N5OS. The summed E-state index contributed by atoms with van der Waals surface area (Å²) in [6.45, 7) is 0. The van der Waals surface area contributed by atoms with Gasteiger partial charge in [0, 0.05) is 66.0 Å². The van der Waals surface area contributed by atoms with Gasteiger partial charge >= 0.3 is 0 Å². The Morgan fingerprint density at radius 3 is 1.62 bits per heavy atom. The maximum atomic E-state index is 7.39. The lowest BCUT2D eigenvalue weighted by Gasteiger charge is -2.41. The number of ether oxygens (including phenoxy) is 1. The van der Waals surface area contributed by atoms with Crippen LogP contribution in [-0.4, -0.2) is 19.1 Å². The molecule has 0 bridgehead atoms. The number of rotatable bonds is 3. The zero-order valence-corrected chi connectivity index (χ0v) is 36.1. The number of fused-ring (bicyclic) bond motifs is 17. The minimum absolute atomic E-state index is 0.789. The Morgan fingerprint density at radius 1 is 0.409 bits per heavy atom. The first-order valence-electron chi connectivity index (χ1n) is 22.3. The highest BCUT2D eigenvalue weighted by Crippen LogP contribution is 2.64. The number of hydrogen-bond acceptors (Lipinski definition) is 5. The predicted molar refractivity (Wildman–Crippen MR) is 267 cm³/mol. The number of nitrogens with zero attached hydrogens (tertiary/aromatic N) is 5. The van der Waals surface area contributed by atoms with Crippen LogP contribution in [0.15, 0.2) is 222 Å². The molecule has 12 aromatic rings. The SMILES string of the molecule is c1ccc2c(c1)Sc1ccccc1N2c1ccc2c(c1)Oc1cccc(-n3c4ccccc4c4ccccc43)c1C21c2cccnc2-c2ncc(-n3c4ccccc4c4ccccc43)cc21. The van der Waals surface area contributed by atoms with Gasteiger partial charge in [0.15, 0.2) is 0 Å². The van der Waals surface area contributed by atoms with E-state index in [4.69, 9.17) is 14.7 Å². The molecule has 1 aliphatic carbocycles. The second kappa shape index (κ2) is 13.3. The molecule has 7 heteroatoms. The van der Waals surface area contributed by atoms with E-state index in [1.54, 1.807) is 0 Å². The summed E-state index contributed by atoms with van der Waals surface area (Å²) in [6, 6.07) is 72.2. The van der Waals surface area contributed by atoms with E-state index in [2.05, 4.69) is 214 Å². The van der Waals surface area contributed by atoms with Crippen molar-refractivity contribution >= 4 is 72.4 Å². The van der Waals surface area contributed by atoms with Gasteiger partial charge in [-0.3, -0.25) is 9.97 Å². The fraction of sp³-hybridized carbons (Fsp3) is 0.0169. The molecule has 1 spiro atoms. The average Bonchev–Trinajstić information content (AvgIpc) is 3.99. The Hall–Kier alpha value is -8.39. The van der Waals surface area contributed by atoms with Crippen molar-refractivity contribution in [1.29, 1.82) is 0 Å². The van der Waals surface area contributed by atoms with Crippen LogP contribution in [0.4, 0.5) is 17.1 Å². The van der Waals surface area contributed by atoms with Gasteiger partial charge in [-0.05, 0) is 84.4 Å². The Morgan fingerprint density at radius 2 is 0.970 bits per heavy atom. The molecule has 6 heterocycles. The molecule has 2 aliphatic heterocycles. The maximum absolute atomic E-state index is 7.39. The molecule has 0 saturated carbocycles. The first kappa shape index (κ1) is 36.0. The zero-order valence-electron chi connectivity index (χ0n) is 35.3. The normalized spacial score (nSPS) is 15.4. The first-order valence-corrected chi connectivity index (χ1v) is 23.1. The largest absolute Gasteiger partial charge is 0.457 e. The fourth-order valence-corrected chi connectivity index (χ4v) is 12.5. The van der Waals surface area contributed by atoms with Crippen LogP contribution >= 0.6 is 11.8 Å². The molecule has 308 valence electrons. The van der Waals surface area contributed by atoms with Gasteiger partial charge in [-0.15, -0.1) is 0 Å². The van der Waals surface area contributed by atoms with E-state index in [0.717, 1.165) is 95.6 Å². The lowest BCUT2D eigenvalue weighted by Crippen LogP contribution is -2.34. The van der Waals surface area contributed by atoms with Crippen LogP contribution in [0.2, 0.25) is 0 Å². The van der Waals surface area contributed by atoms with Crippen LogP contribution in [0, 0.1) is 0 Å². The van der Waals surface area contributed by atoms with E-state index < -0.39 is 5.41 Å². The number of pyridine rings is 2. The second-order valence-corrected chi connectivity index (χ2v) is 18.4. The average molecular weight is 862 g/mol. The van der Waals surface area contributed by atoms with Gasteiger partial charge in [0.1, 0.15) is 11.5 Å². The van der Waals surface area contributed by atoms with Crippen molar-refractivity contribution in [2.75, 3.05) is 4.90 Å². The standard InChI is InChI=1S/C59H35N5OS/c1-5-20-45-38(15-1)39-16-2-6-21-46(39)63(45)37-33-44-58(61-35-37)57-43(19-14-32-60-57)59(44)42-31-30-36(62-49-24-9-11-28-54(49)66-55-29-12-10-25-50(55)62)34-53(42)65-52-27-13-26-51(56(52)59)64-47-22-7-3-17-40(47)41-18-4-8-23-48(41)64/h1-35H. The van der Waals surface area contributed by atoms with E-state index in [9.17, 15) is 0 Å². The molecule has 6 nitrogen and oxygen atoms in total. The molecule has 3 aliphatic rings. The summed E-state index contributed by atoms with van der Waals surface area (Å²) < 4.78 is 12.2. The minimum atomic E-state index is -0.904. The number of anilines is 3. The zero-order chi connectivity index (χ0) is 43.1. The molecule has 4 aromatic heterocycles. The summed E-state index contributed by atoms with van der Waals surface area (Å²) in [5, 5.41) is 4.81. The quantitative estimate of drug-likeness (QED) is 0.177. The molecule has 1 atom stereocenters. The van der Waals surface area contributed by atoms with Gasteiger partial charge in [-0.1, -0.05) is 127 Å². The number of hydrogen-bond donors (Lipinski definition) is 0. The highest BCUT2D eigenvalue weighted by molar-refractivity contribution is 7.99. The maximum Gasteiger partial charge on any atom is 0.134 e. The van der Waals surface area contributed by atoms with Crippen molar-refractivity contribution < 1.29 is 4.74 Å². The topological polar surface area (TPSA) is 48.1 Å². The first-order chi connectivity index (χ1) is 32.8. The van der Waals surface area contributed by atoms with Gasteiger partial charge in [-0.25, -0.2) is 0 Å². The van der Waals surface area contributed by atoms with Gasteiger partial charge in [0.25, 0.3) is 0 Å². The molecule has 0 saturated heterocycles. The molecule has 66 heavy (non-hydrogen) atoms. The highest BCUT2D eigenvalue weighted by Gasteiger charge is 2.54. The second-order valence-electron chi connectivity index (χ2n) is 17.3. The van der Waals surface area contributed by atoms with Crippen molar-refractivity contribution in [3.8, 4) is 34.3 Å². The van der Waals surface area contributed by atoms with Crippen molar-refractivity contribution in [3.05, 3.63) is 235 Å². The summed E-state index contributed by atoms with van der Waals surface area (Å²) in [5.41, 5.74) is 14.9. The molecule has 15 rings (SSSR count). The smallest absolute Gasteiger partial charge is 0.134 e. The summed E-state index contributed by atoms with van der Waals surface area (Å²) in [6.07, 6.45) is 3.93. The van der Waals surface area contributed by atoms with Crippen LogP contribution < -0.4 is 9.64 Å². The van der Waals surface area contributed by atoms with Crippen LogP contribution in [-0.2, 0) is 5.41 Å². The molecule has 0 radical (unpaired) electrons. The van der Waals surface area contributed by atoms with Gasteiger partial charge in [0.2, 0.25) is 0 Å². The van der Waals surface area contributed by atoms with Crippen molar-refractivity contribution in [2.24, 2.45) is 0 Å². The van der Waals surface area contributed by atoms with E-state index >= 15 is 0 Å². The van der Waals surface area contributed by atoms with E-state index in [1.165, 1.54) is 31.3 Å². The van der Waals surface area contributed by atoms with Crippen LogP contribution in [0.5, 0.6) is 11.5 Å². The molecular weight excluding hydrogens is 827 g/mol. The van der Waals surface area contributed by atoms with E-state index in [-0.39, 0.29) is 0 Å². The monoisotopic (exact) mass is 861 g/mol. The molecule has 8 aromatic carbocycles. The van der Waals surface area contributed by atoms with Crippen molar-refractivity contribution in [1.82, 2.24) is 19.1 Å². The van der Waals surface area contributed by atoms with Crippen LogP contribution in [0.3, 0.4) is 0 Å². The third-order valence-electron chi connectivity index (χ3n) is 14.0.